The minimum Gasteiger partial charge on any atom is -0.271 e. The Bertz CT molecular complexity index is 558. The maximum absolute atomic E-state index is 6.19. The van der Waals surface area contributed by atoms with Crippen LogP contribution in [0.1, 0.15) is 22.9 Å². The molecule has 94 valence electrons. The molecule has 0 radical (unpaired) electrons. The van der Waals surface area contributed by atoms with Gasteiger partial charge in [-0.2, -0.15) is 0 Å². The van der Waals surface area contributed by atoms with Gasteiger partial charge in [-0.15, -0.1) is 0 Å². The van der Waals surface area contributed by atoms with Gasteiger partial charge in [0.25, 0.3) is 0 Å². The van der Waals surface area contributed by atoms with Crippen molar-refractivity contribution in [2.45, 2.75) is 13.0 Å². The minimum absolute atomic E-state index is 0.210. The molecular formula is C13H13Cl2N3. The Kier molecular flexibility index (Phi) is 4.19. The highest BCUT2D eigenvalue weighted by atomic mass is 35.5. The second-order valence-electron chi connectivity index (χ2n) is 4.00. The zero-order valence-corrected chi connectivity index (χ0v) is 11.3. The van der Waals surface area contributed by atoms with Gasteiger partial charge in [0, 0.05) is 21.9 Å². The van der Waals surface area contributed by atoms with Crippen LogP contribution in [0.4, 0.5) is 0 Å². The summed E-state index contributed by atoms with van der Waals surface area (Å²) < 4.78 is 0. The van der Waals surface area contributed by atoms with Crippen molar-refractivity contribution in [2.75, 3.05) is 0 Å². The summed E-state index contributed by atoms with van der Waals surface area (Å²) in [7, 11) is 0. The number of nitrogens with zero attached hydrogens (tertiary/aromatic N) is 1. The van der Waals surface area contributed by atoms with Crippen molar-refractivity contribution in [3.8, 4) is 0 Å². The molecule has 0 aliphatic carbocycles. The van der Waals surface area contributed by atoms with E-state index in [4.69, 9.17) is 29.0 Å². The molecule has 2 rings (SSSR count). The highest BCUT2D eigenvalue weighted by molar-refractivity contribution is 6.33. The van der Waals surface area contributed by atoms with E-state index in [9.17, 15) is 0 Å². The monoisotopic (exact) mass is 281 g/mol. The number of nitrogens with two attached hydrogens (primary N) is 1. The number of benzene rings is 1. The molecule has 0 aliphatic rings. The molecule has 2 aromatic rings. The van der Waals surface area contributed by atoms with E-state index in [0.29, 0.717) is 10.0 Å². The summed E-state index contributed by atoms with van der Waals surface area (Å²) in [5, 5.41) is 1.25. The summed E-state index contributed by atoms with van der Waals surface area (Å²) in [5.74, 6) is 5.63. The van der Waals surface area contributed by atoms with Crippen LogP contribution in [0.15, 0.2) is 36.5 Å². The molecule has 1 unspecified atom stereocenters. The second-order valence-corrected chi connectivity index (χ2v) is 4.84. The van der Waals surface area contributed by atoms with E-state index in [0.717, 1.165) is 16.8 Å². The number of nitrogens with one attached hydrogen (secondary N) is 1. The zero-order valence-electron chi connectivity index (χ0n) is 9.82. The molecule has 5 heteroatoms. The summed E-state index contributed by atoms with van der Waals surface area (Å²) in [6.45, 7) is 1.93. The summed E-state index contributed by atoms with van der Waals surface area (Å²) in [6, 6.07) is 8.97. The lowest BCUT2D eigenvalue weighted by Crippen LogP contribution is -2.29. The molecule has 0 aliphatic heterocycles. The maximum Gasteiger partial charge on any atom is 0.0726 e. The normalized spacial score (nSPS) is 12.4. The SMILES string of the molecule is Cc1cc(C(NN)c2cc(Cl)ccc2Cl)ccn1. The zero-order chi connectivity index (χ0) is 13.1. The minimum atomic E-state index is -0.210. The lowest BCUT2D eigenvalue weighted by atomic mass is 9.99. The van der Waals surface area contributed by atoms with Gasteiger partial charge in [0.05, 0.1) is 6.04 Å². The van der Waals surface area contributed by atoms with Crippen LogP contribution in [0.2, 0.25) is 10.0 Å². The van der Waals surface area contributed by atoms with Gasteiger partial charge in [0.15, 0.2) is 0 Å². The Morgan fingerprint density at radius 1 is 1.22 bits per heavy atom. The number of pyridine rings is 1. The van der Waals surface area contributed by atoms with Crippen molar-refractivity contribution in [3.63, 3.8) is 0 Å². The Hall–Kier alpha value is -1.13. The van der Waals surface area contributed by atoms with Crippen LogP contribution < -0.4 is 11.3 Å². The molecule has 0 amide bonds. The summed E-state index contributed by atoms with van der Waals surface area (Å²) in [5.41, 5.74) is 5.52. The molecule has 18 heavy (non-hydrogen) atoms. The van der Waals surface area contributed by atoms with Crippen LogP contribution in [0, 0.1) is 6.92 Å². The van der Waals surface area contributed by atoms with Crippen LogP contribution in [0.5, 0.6) is 0 Å². The molecule has 3 N–H and O–H groups in total. The van der Waals surface area contributed by atoms with Crippen molar-refractivity contribution in [1.29, 1.82) is 0 Å². The molecule has 0 bridgehead atoms. The number of rotatable bonds is 3. The average molecular weight is 282 g/mol. The van der Waals surface area contributed by atoms with Crippen molar-refractivity contribution in [2.24, 2.45) is 5.84 Å². The van der Waals surface area contributed by atoms with Crippen molar-refractivity contribution in [3.05, 3.63) is 63.4 Å². The fraction of sp³-hybridized carbons (Fsp3) is 0.154. The highest BCUT2D eigenvalue weighted by Gasteiger charge is 2.16. The molecule has 1 atom stereocenters. The van der Waals surface area contributed by atoms with E-state index >= 15 is 0 Å². The van der Waals surface area contributed by atoms with Gasteiger partial charge in [-0.1, -0.05) is 23.2 Å². The molecule has 1 aromatic carbocycles. The van der Waals surface area contributed by atoms with Crippen LogP contribution in [0.25, 0.3) is 0 Å². The summed E-state index contributed by atoms with van der Waals surface area (Å²) in [6.07, 6.45) is 1.74. The first kappa shape index (κ1) is 13.3. The fourth-order valence-electron chi connectivity index (χ4n) is 1.85. The van der Waals surface area contributed by atoms with Crippen molar-refractivity contribution in [1.82, 2.24) is 10.4 Å². The Morgan fingerprint density at radius 2 is 2.00 bits per heavy atom. The number of hydrogen-bond acceptors (Lipinski definition) is 3. The lowest BCUT2D eigenvalue weighted by molar-refractivity contribution is 0.635. The predicted octanol–water partition coefficient (Wildman–Crippen LogP) is 3.25. The van der Waals surface area contributed by atoms with Crippen LogP contribution in [-0.2, 0) is 0 Å². The molecule has 3 nitrogen and oxygen atoms in total. The fourth-order valence-corrected chi connectivity index (χ4v) is 2.26. The number of hydrogen-bond donors (Lipinski definition) is 2. The first-order chi connectivity index (χ1) is 8.61. The van der Waals surface area contributed by atoms with Crippen LogP contribution in [0.3, 0.4) is 0 Å². The predicted molar refractivity (Wildman–Crippen MR) is 74.6 cm³/mol. The Balaban J connectivity index is 2.48. The van der Waals surface area contributed by atoms with Gasteiger partial charge >= 0.3 is 0 Å². The van der Waals surface area contributed by atoms with E-state index in [1.54, 1.807) is 18.3 Å². The Labute approximate surface area is 116 Å². The average Bonchev–Trinajstić information content (AvgIpc) is 2.35. The third kappa shape index (κ3) is 2.82. The van der Waals surface area contributed by atoms with E-state index in [1.807, 2.05) is 25.1 Å². The van der Waals surface area contributed by atoms with Crippen molar-refractivity contribution < 1.29 is 0 Å². The van der Waals surface area contributed by atoms with Gasteiger partial charge < -0.3 is 0 Å². The smallest absolute Gasteiger partial charge is 0.0726 e. The van der Waals surface area contributed by atoms with E-state index < -0.39 is 0 Å². The molecule has 1 heterocycles. The molecular weight excluding hydrogens is 269 g/mol. The Morgan fingerprint density at radius 3 is 2.67 bits per heavy atom. The van der Waals surface area contributed by atoms with E-state index in [1.165, 1.54) is 0 Å². The summed E-state index contributed by atoms with van der Waals surface area (Å²) in [4.78, 5) is 4.16. The quantitative estimate of drug-likeness (QED) is 0.671. The third-order valence-electron chi connectivity index (χ3n) is 2.69. The first-order valence-electron chi connectivity index (χ1n) is 5.45. The molecule has 0 fully saturated rings. The van der Waals surface area contributed by atoms with Gasteiger partial charge in [-0.05, 0) is 48.4 Å². The van der Waals surface area contributed by atoms with Crippen molar-refractivity contribution >= 4 is 23.2 Å². The highest BCUT2D eigenvalue weighted by Crippen LogP contribution is 2.30. The number of aromatic nitrogens is 1. The van der Waals surface area contributed by atoms with Crippen LogP contribution >= 0.6 is 23.2 Å². The number of aryl methyl sites for hydroxylation is 1. The van der Waals surface area contributed by atoms with E-state index in [2.05, 4.69) is 10.4 Å². The van der Waals surface area contributed by atoms with Gasteiger partial charge in [0.1, 0.15) is 0 Å². The topological polar surface area (TPSA) is 50.9 Å². The molecule has 0 spiro atoms. The van der Waals surface area contributed by atoms with Gasteiger partial charge in [0.2, 0.25) is 0 Å². The standard InChI is InChI=1S/C13H13Cl2N3/c1-8-6-9(4-5-17-8)13(18-16)11-7-10(14)2-3-12(11)15/h2-7,13,18H,16H2,1H3. The second kappa shape index (κ2) is 5.67. The number of hydrazine groups is 1. The lowest BCUT2D eigenvalue weighted by Gasteiger charge is -2.18. The van der Waals surface area contributed by atoms with Crippen LogP contribution in [-0.4, -0.2) is 4.98 Å². The molecule has 0 saturated heterocycles. The largest absolute Gasteiger partial charge is 0.271 e. The first-order valence-corrected chi connectivity index (χ1v) is 6.21. The summed E-state index contributed by atoms with van der Waals surface area (Å²) >= 11 is 12.2. The maximum atomic E-state index is 6.19. The number of halogens is 2. The molecule has 0 saturated carbocycles. The van der Waals surface area contributed by atoms with E-state index in [-0.39, 0.29) is 6.04 Å². The molecule has 1 aromatic heterocycles. The van der Waals surface area contributed by atoms with Gasteiger partial charge in [-0.25, -0.2) is 5.43 Å². The van der Waals surface area contributed by atoms with Gasteiger partial charge in [-0.3, -0.25) is 10.8 Å². The third-order valence-corrected chi connectivity index (χ3v) is 3.27.